The molecule has 0 spiro atoms. The summed E-state index contributed by atoms with van der Waals surface area (Å²) in [5, 5.41) is 10.4. The van der Waals surface area contributed by atoms with Gasteiger partial charge in [0.25, 0.3) is 5.91 Å². The Morgan fingerprint density at radius 3 is 2.71 bits per heavy atom. The van der Waals surface area contributed by atoms with Crippen molar-refractivity contribution in [3.8, 4) is 0 Å². The summed E-state index contributed by atoms with van der Waals surface area (Å²) < 4.78 is 4.97. The highest BCUT2D eigenvalue weighted by Gasteiger charge is 2.11. The zero-order valence-corrected chi connectivity index (χ0v) is 14.0. The average Bonchev–Trinajstić information content (AvgIpc) is 2.96. The quantitative estimate of drug-likeness (QED) is 0.704. The summed E-state index contributed by atoms with van der Waals surface area (Å²) in [5.74, 6) is 1.31. The maximum absolute atomic E-state index is 12.4. The number of pyridine rings is 1. The molecule has 0 aliphatic rings. The summed E-state index contributed by atoms with van der Waals surface area (Å²) in [7, 11) is 0. The van der Waals surface area contributed by atoms with Gasteiger partial charge in [-0.3, -0.25) is 4.79 Å². The van der Waals surface area contributed by atoms with Gasteiger partial charge in [-0.05, 0) is 37.3 Å². The summed E-state index contributed by atoms with van der Waals surface area (Å²) in [4.78, 5) is 16.5. The summed E-state index contributed by atoms with van der Waals surface area (Å²) in [6.45, 7) is 1.78. The molecule has 0 bridgehead atoms. The van der Waals surface area contributed by atoms with Crippen molar-refractivity contribution < 1.29 is 9.32 Å². The molecule has 3 rings (SSSR count). The molecule has 0 aliphatic heterocycles. The Morgan fingerprint density at radius 2 is 1.96 bits per heavy atom. The SMILES string of the molecule is Cc1cc(Nc2cc(C(=O)Nc3cc(Cl)ccc3Cl)ccn2)no1. The lowest BCUT2D eigenvalue weighted by Gasteiger charge is -2.08. The Bertz CT molecular complexity index is 895. The van der Waals surface area contributed by atoms with Crippen molar-refractivity contribution in [1.82, 2.24) is 10.1 Å². The van der Waals surface area contributed by atoms with Crippen molar-refractivity contribution >= 4 is 46.4 Å². The fourth-order valence-corrected chi connectivity index (χ4v) is 2.32. The zero-order chi connectivity index (χ0) is 17.1. The molecule has 0 unspecified atom stereocenters. The molecular weight excluding hydrogens is 351 g/mol. The van der Waals surface area contributed by atoms with Crippen LogP contribution in [0, 0.1) is 6.92 Å². The van der Waals surface area contributed by atoms with Crippen molar-refractivity contribution in [2.45, 2.75) is 6.92 Å². The molecule has 0 fully saturated rings. The highest BCUT2D eigenvalue weighted by atomic mass is 35.5. The van der Waals surface area contributed by atoms with Crippen LogP contribution >= 0.6 is 23.2 Å². The smallest absolute Gasteiger partial charge is 0.255 e. The third-order valence-corrected chi connectivity index (χ3v) is 3.65. The minimum atomic E-state index is -0.332. The topological polar surface area (TPSA) is 80.0 Å². The van der Waals surface area contributed by atoms with Crippen molar-refractivity contribution in [2.75, 3.05) is 10.6 Å². The third kappa shape index (κ3) is 3.84. The van der Waals surface area contributed by atoms with Crippen LogP contribution < -0.4 is 10.6 Å². The Hall–Kier alpha value is -2.57. The molecule has 0 atom stereocenters. The summed E-state index contributed by atoms with van der Waals surface area (Å²) in [5.41, 5.74) is 0.844. The van der Waals surface area contributed by atoms with E-state index >= 15 is 0 Å². The number of amides is 1. The first-order chi connectivity index (χ1) is 11.5. The van der Waals surface area contributed by atoms with Crippen molar-refractivity contribution in [3.05, 3.63) is 64.0 Å². The van der Waals surface area contributed by atoms with Crippen molar-refractivity contribution in [2.24, 2.45) is 0 Å². The first-order valence-electron chi connectivity index (χ1n) is 6.94. The molecule has 122 valence electrons. The molecule has 0 saturated carbocycles. The van der Waals surface area contributed by atoms with E-state index in [1.807, 2.05) is 0 Å². The van der Waals surface area contributed by atoms with Crippen LogP contribution in [0.4, 0.5) is 17.3 Å². The number of benzene rings is 1. The Kier molecular flexibility index (Phi) is 4.69. The molecule has 2 heterocycles. The lowest BCUT2D eigenvalue weighted by Crippen LogP contribution is -2.12. The zero-order valence-electron chi connectivity index (χ0n) is 12.5. The van der Waals surface area contributed by atoms with Crippen LogP contribution in [-0.2, 0) is 0 Å². The fraction of sp³-hybridized carbons (Fsp3) is 0.0625. The minimum Gasteiger partial charge on any atom is -0.360 e. The second kappa shape index (κ2) is 6.90. The van der Waals surface area contributed by atoms with Crippen LogP contribution in [0.2, 0.25) is 10.0 Å². The number of carbonyl (C=O) groups is 1. The van der Waals surface area contributed by atoms with E-state index < -0.39 is 0 Å². The number of hydrogen-bond donors (Lipinski definition) is 2. The maximum atomic E-state index is 12.4. The minimum absolute atomic E-state index is 0.332. The highest BCUT2D eigenvalue weighted by Crippen LogP contribution is 2.26. The van der Waals surface area contributed by atoms with Gasteiger partial charge in [0.15, 0.2) is 5.82 Å². The van der Waals surface area contributed by atoms with E-state index in [1.54, 1.807) is 43.3 Å². The van der Waals surface area contributed by atoms with Gasteiger partial charge < -0.3 is 15.2 Å². The molecular formula is C16H12Cl2N4O2. The average molecular weight is 363 g/mol. The van der Waals surface area contributed by atoms with Gasteiger partial charge in [0.2, 0.25) is 0 Å². The van der Waals surface area contributed by atoms with Crippen LogP contribution in [0.25, 0.3) is 0 Å². The molecule has 6 nitrogen and oxygen atoms in total. The van der Waals surface area contributed by atoms with Crippen molar-refractivity contribution in [3.63, 3.8) is 0 Å². The number of nitrogens with zero attached hydrogens (tertiary/aromatic N) is 2. The van der Waals surface area contributed by atoms with E-state index in [9.17, 15) is 4.79 Å². The van der Waals surface area contributed by atoms with Crippen LogP contribution in [-0.4, -0.2) is 16.0 Å². The molecule has 3 aromatic rings. The van der Waals surface area contributed by atoms with Crippen LogP contribution in [0.5, 0.6) is 0 Å². The van der Waals surface area contributed by atoms with Crippen LogP contribution in [0.15, 0.2) is 47.1 Å². The van der Waals surface area contributed by atoms with Gasteiger partial charge in [-0.2, -0.15) is 0 Å². The van der Waals surface area contributed by atoms with Crippen molar-refractivity contribution in [1.29, 1.82) is 0 Å². The number of carbonyl (C=O) groups excluding carboxylic acids is 1. The first kappa shape index (κ1) is 16.3. The maximum Gasteiger partial charge on any atom is 0.255 e. The van der Waals surface area contributed by atoms with E-state index in [0.717, 1.165) is 0 Å². The van der Waals surface area contributed by atoms with Crippen LogP contribution in [0.3, 0.4) is 0 Å². The van der Waals surface area contributed by atoms with Gasteiger partial charge in [0.1, 0.15) is 11.6 Å². The van der Waals surface area contributed by atoms with Gasteiger partial charge in [0, 0.05) is 22.8 Å². The molecule has 2 aromatic heterocycles. The lowest BCUT2D eigenvalue weighted by molar-refractivity contribution is 0.102. The van der Waals surface area contributed by atoms with E-state index in [-0.39, 0.29) is 5.91 Å². The molecule has 1 aromatic carbocycles. The predicted octanol–water partition coefficient (Wildman–Crippen LogP) is 4.68. The van der Waals surface area contributed by atoms with Crippen LogP contribution in [0.1, 0.15) is 16.1 Å². The third-order valence-electron chi connectivity index (χ3n) is 3.08. The normalized spacial score (nSPS) is 10.5. The molecule has 0 saturated heterocycles. The monoisotopic (exact) mass is 362 g/mol. The number of aromatic nitrogens is 2. The Morgan fingerprint density at radius 1 is 1.12 bits per heavy atom. The van der Waals surface area contributed by atoms with E-state index in [2.05, 4.69) is 20.8 Å². The largest absolute Gasteiger partial charge is 0.360 e. The second-order valence-corrected chi connectivity index (χ2v) is 5.80. The molecule has 24 heavy (non-hydrogen) atoms. The summed E-state index contributed by atoms with van der Waals surface area (Å²) in [6, 6.07) is 9.76. The van der Waals surface area contributed by atoms with Gasteiger partial charge in [0.05, 0.1) is 10.7 Å². The fourth-order valence-electron chi connectivity index (χ4n) is 1.98. The number of aryl methyl sites for hydroxylation is 1. The highest BCUT2D eigenvalue weighted by molar-refractivity contribution is 6.35. The lowest BCUT2D eigenvalue weighted by atomic mass is 10.2. The molecule has 8 heteroatoms. The molecule has 1 amide bonds. The van der Waals surface area contributed by atoms with E-state index in [1.165, 1.54) is 6.20 Å². The number of halogens is 2. The molecule has 0 aliphatic carbocycles. The Balaban J connectivity index is 1.77. The van der Waals surface area contributed by atoms with Gasteiger partial charge in [-0.15, -0.1) is 0 Å². The van der Waals surface area contributed by atoms with Gasteiger partial charge in [-0.1, -0.05) is 28.4 Å². The number of nitrogens with one attached hydrogen (secondary N) is 2. The number of anilines is 3. The first-order valence-corrected chi connectivity index (χ1v) is 7.69. The Labute approximate surface area is 147 Å². The van der Waals surface area contributed by atoms with E-state index in [4.69, 9.17) is 27.7 Å². The molecule has 0 radical (unpaired) electrons. The van der Waals surface area contributed by atoms with Gasteiger partial charge >= 0.3 is 0 Å². The second-order valence-electron chi connectivity index (χ2n) is 4.96. The summed E-state index contributed by atoms with van der Waals surface area (Å²) in [6.07, 6.45) is 1.52. The standard InChI is InChI=1S/C16H12Cl2N4O2/c1-9-6-15(22-24-9)21-14-7-10(4-5-19-14)16(23)20-13-8-11(17)2-3-12(13)18/h2-8H,1H3,(H,20,23)(H,19,21,22). The summed E-state index contributed by atoms with van der Waals surface area (Å²) >= 11 is 12.0. The van der Waals surface area contributed by atoms with E-state index in [0.29, 0.717) is 38.7 Å². The molecule has 2 N–H and O–H groups in total. The predicted molar refractivity (Wildman–Crippen MR) is 93.2 cm³/mol. The van der Waals surface area contributed by atoms with Gasteiger partial charge in [-0.25, -0.2) is 4.98 Å². The number of rotatable bonds is 4. The number of hydrogen-bond acceptors (Lipinski definition) is 5.